The molecule has 9 heteroatoms. The van der Waals surface area contributed by atoms with Crippen molar-refractivity contribution in [2.24, 2.45) is 0 Å². The van der Waals surface area contributed by atoms with E-state index in [9.17, 15) is 13.6 Å². The number of rotatable bonds is 4. The third kappa shape index (κ3) is 4.81. The van der Waals surface area contributed by atoms with Crippen molar-refractivity contribution in [2.75, 3.05) is 13.1 Å². The first kappa shape index (κ1) is 24.2. The van der Waals surface area contributed by atoms with Crippen molar-refractivity contribution >= 4 is 45.7 Å². The van der Waals surface area contributed by atoms with Gasteiger partial charge in [-0.15, -0.1) is 0 Å². The second-order valence-corrected chi connectivity index (χ2v) is 9.79. The van der Waals surface area contributed by atoms with Gasteiger partial charge in [-0.3, -0.25) is 14.3 Å². The average Bonchev–Trinajstić information content (AvgIpc) is 2.83. The Hall–Kier alpha value is -2.51. The minimum atomic E-state index is -0.768. The summed E-state index contributed by atoms with van der Waals surface area (Å²) in [5.41, 5.74) is 1.61. The zero-order chi connectivity index (χ0) is 24.7. The standard InChI is InChI=1S/C26H20Cl3F2N3O/c27-16-4-6-19-23(12-16)32-25(34(26(19)35)18-5-7-21(28)22(31)13-18)20-3-1-2-15(24(20)29)14-33-10-8-17(30)9-11-33/h1-7,12-13,17H,8-11,14H2. The molecule has 180 valence electrons. The van der Waals surface area contributed by atoms with Crippen LogP contribution in [0.1, 0.15) is 18.4 Å². The van der Waals surface area contributed by atoms with Crippen molar-refractivity contribution in [3.63, 3.8) is 0 Å². The predicted molar refractivity (Wildman–Crippen MR) is 137 cm³/mol. The second-order valence-electron chi connectivity index (χ2n) is 8.57. The number of alkyl halides is 1. The van der Waals surface area contributed by atoms with Crippen LogP contribution in [-0.2, 0) is 6.54 Å². The van der Waals surface area contributed by atoms with E-state index in [0.717, 1.165) is 5.56 Å². The molecule has 1 aromatic heterocycles. The Kier molecular flexibility index (Phi) is 6.82. The number of piperidine rings is 1. The monoisotopic (exact) mass is 533 g/mol. The van der Waals surface area contributed by atoms with Crippen LogP contribution < -0.4 is 5.56 Å². The first-order chi connectivity index (χ1) is 16.8. The Balaban J connectivity index is 1.69. The lowest BCUT2D eigenvalue weighted by atomic mass is 10.1. The number of likely N-dealkylation sites (tertiary alicyclic amines) is 1. The van der Waals surface area contributed by atoms with Gasteiger partial charge in [0.05, 0.1) is 26.6 Å². The van der Waals surface area contributed by atoms with E-state index < -0.39 is 17.5 Å². The van der Waals surface area contributed by atoms with Crippen molar-refractivity contribution in [1.82, 2.24) is 14.5 Å². The molecule has 5 rings (SSSR count). The zero-order valence-electron chi connectivity index (χ0n) is 18.4. The normalized spacial score (nSPS) is 15.1. The Morgan fingerprint density at radius 3 is 2.51 bits per heavy atom. The molecule has 2 heterocycles. The summed E-state index contributed by atoms with van der Waals surface area (Å²) in [6.07, 6.45) is 0.216. The maximum Gasteiger partial charge on any atom is 0.266 e. The fraction of sp³-hybridized carbons (Fsp3) is 0.231. The molecule has 0 radical (unpaired) electrons. The summed E-state index contributed by atoms with van der Waals surface area (Å²) in [6, 6.07) is 14.4. The molecular weight excluding hydrogens is 515 g/mol. The molecular formula is C26H20Cl3F2N3O. The minimum Gasteiger partial charge on any atom is -0.299 e. The van der Waals surface area contributed by atoms with Crippen LogP contribution in [0.5, 0.6) is 0 Å². The smallest absolute Gasteiger partial charge is 0.266 e. The van der Waals surface area contributed by atoms with Crippen LogP contribution >= 0.6 is 34.8 Å². The summed E-state index contributed by atoms with van der Waals surface area (Å²) < 4.78 is 29.3. The highest BCUT2D eigenvalue weighted by molar-refractivity contribution is 6.34. The van der Waals surface area contributed by atoms with Gasteiger partial charge in [0.25, 0.3) is 5.56 Å². The quantitative estimate of drug-likeness (QED) is 0.281. The highest BCUT2D eigenvalue weighted by Gasteiger charge is 2.22. The Labute approximate surface area is 215 Å². The average molecular weight is 535 g/mol. The zero-order valence-corrected chi connectivity index (χ0v) is 20.7. The van der Waals surface area contributed by atoms with Gasteiger partial charge in [0.1, 0.15) is 17.8 Å². The number of nitrogens with zero attached hydrogens (tertiary/aromatic N) is 3. The molecule has 1 aliphatic heterocycles. The van der Waals surface area contributed by atoms with Crippen LogP contribution in [-0.4, -0.2) is 33.7 Å². The fourth-order valence-electron chi connectivity index (χ4n) is 4.38. The molecule has 0 saturated carbocycles. The highest BCUT2D eigenvalue weighted by atomic mass is 35.5. The first-order valence-corrected chi connectivity index (χ1v) is 12.3. The SMILES string of the molecule is O=c1c2ccc(Cl)cc2nc(-c2cccc(CN3CCC(F)CC3)c2Cl)n1-c1ccc(Cl)c(F)c1. The van der Waals surface area contributed by atoms with E-state index in [0.29, 0.717) is 59.0 Å². The van der Waals surface area contributed by atoms with Gasteiger partial charge in [0.2, 0.25) is 0 Å². The maximum absolute atomic E-state index is 14.4. The predicted octanol–water partition coefficient (Wildman–Crippen LogP) is 7.09. The molecule has 0 bridgehead atoms. The molecule has 3 aromatic carbocycles. The largest absolute Gasteiger partial charge is 0.299 e. The molecule has 0 aliphatic carbocycles. The third-order valence-electron chi connectivity index (χ3n) is 6.22. The summed E-state index contributed by atoms with van der Waals surface area (Å²) >= 11 is 18.9. The Bertz CT molecular complexity index is 1480. The van der Waals surface area contributed by atoms with Gasteiger partial charge in [0.15, 0.2) is 0 Å². The summed E-state index contributed by atoms with van der Waals surface area (Å²) in [6.45, 7) is 1.82. The summed E-state index contributed by atoms with van der Waals surface area (Å²) in [5.74, 6) is -0.407. The lowest BCUT2D eigenvalue weighted by molar-refractivity contribution is 0.145. The van der Waals surface area contributed by atoms with E-state index in [1.54, 1.807) is 30.3 Å². The lowest BCUT2D eigenvalue weighted by Gasteiger charge is -2.29. The molecule has 4 nitrogen and oxygen atoms in total. The van der Waals surface area contributed by atoms with Crippen LogP contribution in [0.15, 0.2) is 59.4 Å². The van der Waals surface area contributed by atoms with Crippen LogP contribution in [0.2, 0.25) is 15.1 Å². The van der Waals surface area contributed by atoms with Crippen LogP contribution in [0.25, 0.3) is 28.0 Å². The topological polar surface area (TPSA) is 38.1 Å². The third-order valence-corrected chi connectivity index (χ3v) is 7.21. The highest BCUT2D eigenvalue weighted by Crippen LogP contribution is 2.33. The molecule has 1 fully saturated rings. The number of hydrogen-bond donors (Lipinski definition) is 0. The van der Waals surface area contributed by atoms with Crippen molar-refractivity contribution in [3.8, 4) is 17.1 Å². The number of aromatic nitrogens is 2. The molecule has 0 unspecified atom stereocenters. The number of fused-ring (bicyclic) bond motifs is 1. The van der Waals surface area contributed by atoms with Gasteiger partial charge in [-0.25, -0.2) is 13.8 Å². The summed E-state index contributed by atoms with van der Waals surface area (Å²) in [5, 5.41) is 1.13. The number of halogens is 5. The maximum atomic E-state index is 14.4. The van der Waals surface area contributed by atoms with Gasteiger partial charge < -0.3 is 0 Å². The minimum absolute atomic E-state index is 0.0547. The molecule has 0 N–H and O–H groups in total. The number of benzene rings is 3. The molecule has 35 heavy (non-hydrogen) atoms. The van der Waals surface area contributed by atoms with Crippen molar-refractivity contribution in [3.05, 3.63) is 91.4 Å². The van der Waals surface area contributed by atoms with E-state index in [1.165, 1.54) is 16.7 Å². The molecule has 0 atom stereocenters. The van der Waals surface area contributed by atoms with E-state index in [2.05, 4.69) is 4.90 Å². The van der Waals surface area contributed by atoms with Gasteiger partial charge in [-0.1, -0.05) is 46.9 Å². The molecule has 4 aromatic rings. The summed E-state index contributed by atoms with van der Waals surface area (Å²) in [4.78, 5) is 20.5. The second kappa shape index (κ2) is 9.86. The Morgan fingerprint density at radius 2 is 1.77 bits per heavy atom. The lowest BCUT2D eigenvalue weighted by Crippen LogP contribution is -2.33. The fourth-order valence-corrected chi connectivity index (χ4v) is 4.93. The van der Waals surface area contributed by atoms with E-state index in [4.69, 9.17) is 39.8 Å². The summed E-state index contributed by atoms with van der Waals surface area (Å²) in [7, 11) is 0. The van der Waals surface area contributed by atoms with Gasteiger partial charge >= 0.3 is 0 Å². The van der Waals surface area contributed by atoms with Crippen molar-refractivity contribution in [1.29, 1.82) is 0 Å². The van der Waals surface area contributed by atoms with Gasteiger partial charge in [-0.2, -0.15) is 0 Å². The van der Waals surface area contributed by atoms with E-state index >= 15 is 0 Å². The van der Waals surface area contributed by atoms with Gasteiger partial charge in [-0.05, 0) is 60.9 Å². The van der Waals surface area contributed by atoms with Crippen LogP contribution in [0.3, 0.4) is 0 Å². The first-order valence-electron chi connectivity index (χ1n) is 11.1. The van der Waals surface area contributed by atoms with E-state index in [1.807, 2.05) is 12.1 Å². The van der Waals surface area contributed by atoms with Crippen molar-refractivity contribution < 1.29 is 8.78 Å². The van der Waals surface area contributed by atoms with Crippen LogP contribution in [0.4, 0.5) is 8.78 Å². The molecule has 1 saturated heterocycles. The molecule has 0 amide bonds. The molecule has 0 spiro atoms. The molecule has 1 aliphatic rings. The van der Waals surface area contributed by atoms with Crippen LogP contribution in [0, 0.1) is 5.82 Å². The van der Waals surface area contributed by atoms with Gasteiger partial charge in [0, 0.05) is 30.2 Å². The van der Waals surface area contributed by atoms with E-state index in [-0.39, 0.29) is 16.5 Å². The van der Waals surface area contributed by atoms with Crippen molar-refractivity contribution in [2.45, 2.75) is 25.6 Å². The number of hydrogen-bond acceptors (Lipinski definition) is 3. The Morgan fingerprint density at radius 1 is 1.00 bits per heavy atom.